The van der Waals surface area contributed by atoms with Crippen LogP contribution in [0, 0.1) is 0 Å². The number of hydrogen-bond donors (Lipinski definition) is 2. The standard InChI is InChI=1S/C20H26N2O5S/c1-26-14-6-13-21-20(23)19(15-16-7-4-3-5-8-16)22-28(24,25)18-11-9-17(27-2)10-12-18/h3-5,7-12,19,22H,6,13-15H2,1-2H3,(H,21,23). The van der Waals surface area contributed by atoms with Crippen molar-refractivity contribution in [1.29, 1.82) is 0 Å². The molecule has 0 aliphatic heterocycles. The molecule has 8 heteroatoms. The zero-order valence-corrected chi connectivity index (χ0v) is 16.9. The van der Waals surface area contributed by atoms with E-state index in [0.717, 1.165) is 5.56 Å². The molecule has 0 spiro atoms. The highest BCUT2D eigenvalue weighted by atomic mass is 32.2. The van der Waals surface area contributed by atoms with Gasteiger partial charge in [-0.2, -0.15) is 4.72 Å². The van der Waals surface area contributed by atoms with Crippen molar-refractivity contribution in [2.24, 2.45) is 0 Å². The predicted molar refractivity (Wildman–Crippen MR) is 107 cm³/mol. The van der Waals surface area contributed by atoms with Crippen LogP contribution in [-0.4, -0.2) is 47.7 Å². The second-order valence-electron chi connectivity index (χ2n) is 6.18. The Morgan fingerprint density at radius 2 is 1.71 bits per heavy atom. The molecule has 7 nitrogen and oxygen atoms in total. The minimum atomic E-state index is -3.88. The van der Waals surface area contributed by atoms with Crippen LogP contribution in [0.4, 0.5) is 0 Å². The molecule has 0 radical (unpaired) electrons. The molecule has 2 N–H and O–H groups in total. The molecular weight excluding hydrogens is 380 g/mol. The monoisotopic (exact) mass is 406 g/mol. The van der Waals surface area contributed by atoms with Crippen molar-refractivity contribution in [2.45, 2.75) is 23.8 Å². The highest BCUT2D eigenvalue weighted by Gasteiger charge is 2.26. The lowest BCUT2D eigenvalue weighted by Gasteiger charge is -2.19. The number of carbonyl (C=O) groups is 1. The molecule has 0 aliphatic carbocycles. The van der Waals surface area contributed by atoms with Crippen LogP contribution in [0.1, 0.15) is 12.0 Å². The van der Waals surface area contributed by atoms with Crippen LogP contribution in [0.15, 0.2) is 59.5 Å². The molecule has 0 saturated heterocycles. The molecule has 2 aromatic carbocycles. The molecule has 0 fully saturated rings. The topological polar surface area (TPSA) is 93.7 Å². The van der Waals surface area contributed by atoms with E-state index in [-0.39, 0.29) is 17.2 Å². The molecule has 0 bridgehead atoms. The molecule has 152 valence electrons. The van der Waals surface area contributed by atoms with Gasteiger partial charge in [0.2, 0.25) is 15.9 Å². The van der Waals surface area contributed by atoms with Crippen molar-refractivity contribution in [2.75, 3.05) is 27.4 Å². The number of methoxy groups -OCH3 is 2. The highest BCUT2D eigenvalue weighted by molar-refractivity contribution is 7.89. The number of nitrogens with one attached hydrogen (secondary N) is 2. The number of benzene rings is 2. The van der Waals surface area contributed by atoms with E-state index in [2.05, 4.69) is 10.0 Å². The van der Waals surface area contributed by atoms with E-state index in [4.69, 9.17) is 9.47 Å². The van der Waals surface area contributed by atoms with Crippen molar-refractivity contribution >= 4 is 15.9 Å². The number of sulfonamides is 1. The number of amides is 1. The van der Waals surface area contributed by atoms with Gasteiger partial charge >= 0.3 is 0 Å². The Balaban J connectivity index is 2.15. The van der Waals surface area contributed by atoms with Gasteiger partial charge in [0.15, 0.2) is 0 Å². The van der Waals surface area contributed by atoms with Gasteiger partial charge in [-0.3, -0.25) is 4.79 Å². The summed E-state index contributed by atoms with van der Waals surface area (Å²) in [6.45, 7) is 0.920. The Labute approximate surface area is 166 Å². The normalized spacial score (nSPS) is 12.4. The first-order valence-electron chi connectivity index (χ1n) is 8.93. The Morgan fingerprint density at radius 3 is 2.32 bits per heavy atom. The minimum Gasteiger partial charge on any atom is -0.497 e. The predicted octanol–water partition coefficient (Wildman–Crippen LogP) is 1.74. The van der Waals surface area contributed by atoms with Gasteiger partial charge in [-0.15, -0.1) is 0 Å². The van der Waals surface area contributed by atoms with E-state index in [0.29, 0.717) is 25.3 Å². The second kappa shape index (κ2) is 10.8. The SMILES string of the molecule is COCCCNC(=O)C(Cc1ccccc1)NS(=O)(=O)c1ccc(OC)cc1. The van der Waals surface area contributed by atoms with E-state index >= 15 is 0 Å². The van der Waals surface area contributed by atoms with Crippen LogP contribution >= 0.6 is 0 Å². The average Bonchev–Trinajstić information content (AvgIpc) is 2.71. The van der Waals surface area contributed by atoms with Crippen molar-refractivity contribution in [3.8, 4) is 5.75 Å². The van der Waals surface area contributed by atoms with Crippen LogP contribution in [0.5, 0.6) is 5.75 Å². The fraction of sp³-hybridized carbons (Fsp3) is 0.350. The first-order valence-corrected chi connectivity index (χ1v) is 10.4. The summed E-state index contributed by atoms with van der Waals surface area (Å²) >= 11 is 0. The lowest BCUT2D eigenvalue weighted by Crippen LogP contribution is -2.48. The average molecular weight is 407 g/mol. The van der Waals surface area contributed by atoms with Gasteiger partial charge in [0.1, 0.15) is 11.8 Å². The Morgan fingerprint density at radius 1 is 1.04 bits per heavy atom. The zero-order chi connectivity index (χ0) is 20.4. The minimum absolute atomic E-state index is 0.0681. The summed E-state index contributed by atoms with van der Waals surface area (Å²) < 4.78 is 38.1. The first kappa shape index (κ1) is 21.9. The summed E-state index contributed by atoms with van der Waals surface area (Å²) in [4.78, 5) is 12.7. The Kier molecular flexibility index (Phi) is 8.43. The molecule has 1 amide bonds. The summed E-state index contributed by atoms with van der Waals surface area (Å²) in [6, 6.07) is 14.3. The van der Waals surface area contributed by atoms with Gasteiger partial charge in [-0.1, -0.05) is 30.3 Å². The maximum Gasteiger partial charge on any atom is 0.241 e. The van der Waals surface area contributed by atoms with Gasteiger partial charge in [-0.05, 0) is 42.7 Å². The molecule has 2 rings (SSSR count). The van der Waals surface area contributed by atoms with E-state index < -0.39 is 16.1 Å². The van der Waals surface area contributed by atoms with Gasteiger partial charge in [0.05, 0.1) is 12.0 Å². The molecule has 1 atom stereocenters. The van der Waals surface area contributed by atoms with Crippen LogP contribution in [0.2, 0.25) is 0 Å². The highest BCUT2D eigenvalue weighted by Crippen LogP contribution is 2.16. The Hall–Kier alpha value is -2.42. The van der Waals surface area contributed by atoms with E-state index in [1.165, 1.54) is 19.2 Å². The number of carbonyl (C=O) groups excluding carboxylic acids is 1. The van der Waals surface area contributed by atoms with Crippen LogP contribution < -0.4 is 14.8 Å². The third-order valence-electron chi connectivity index (χ3n) is 4.09. The quantitative estimate of drug-likeness (QED) is 0.555. The van der Waals surface area contributed by atoms with Gasteiger partial charge in [-0.25, -0.2) is 8.42 Å². The van der Waals surface area contributed by atoms with Crippen molar-refractivity contribution in [1.82, 2.24) is 10.0 Å². The summed E-state index contributed by atoms with van der Waals surface area (Å²) in [6.07, 6.45) is 0.887. The number of ether oxygens (including phenoxy) is 2. The van der Waals surface area contributed by atoms with E-state index in [1.807, 2.05) is 30.3 Å². The maximum absolute atomic E-state index is 12.8. The molecule has 0 saturated carbocycles. The van der Waals surface area contributed by atoms with Gasteiger partial charge < -0.3 is 14.8 Å². The largest absolute Gasteiger partial charge is 0.497 e. The van der Waals surface area contributed by atoms with Crippen LogP contribution in [-0.2, 0) is 26.0 Å². The molecule has 0 heterocycles. The van der Waals surface area contributed by atoms with Crippen molar-refractivity contribution in [3.63, 3.8) is 0 Å². The van der Waals surface area contributed by atoms with Gasteiger partial charge in [0.25, 0.3) is 0 Å². The molecule has 0 aliphatic rings. The second-order valence-corrected chi connectivity index (χ2v) is 7.89. The third kappa shape index (κ3) is 6.63. The molecule has 0 aromatic heterocycles. The lowest BCUT2D eigenvalue weighted by atomic mass is 10.1. The fourth-order valence-corrected chi connectivity index (χ4v) is 3.79. The number of rotatable bonds is 11. The smallest absolute Gasteiger partial charge is 0.241 e. The zero-order valence-electron chi connectivity index (χ0n) is 16.1. The first-order chi connectivity index (χ1) is 13.5. The summed E-state index contributed by atoms with van der Waals surface area (Å²) in [5.74, 6) is 0.174. The van der Waals surface area contributed by atoms with Crippen LogP contribution in [0.3, 0.4) is 0 Å². The van der Waals surface area contributed by atoms with Crippen LogP contribution in [0.25, 0.3) is 0 Å². The lowest BCUT2D eigenvalue weighted by molar-refractivity contribution is -0.122. The van der Waals surface area contributed by atoms with Gasteiger partial charge in [0, 0.05) is 20.3 Å². The van der Waals surface area contributed by atoms with E-state index in [9.17, 15) is 13.2 Å². The third-order valence-corrected chi connectivity index (χ3v) is 5.58. The summed E-state index contributed by atoms with van der Waals surface area (Å²) in [7, 11) is -0.784. The molecule has 1 unspecified atom stereocenters. The summed E-state index contributed by atoms with van der Waals surface area (Å²) in [5, 5.41) is 2.76. The Bertz CT molecular complexity index is 839. The number of hydrogen-bond acceptors (Lipinski definition) is 5. The summed E-state index contributed by atoms with van der Waals surface area (Å²) in [5.41, 5.74) is 0.858. The van der Waals surface area contributed by atoms with Crippen molar-refractivity contribution in [3.05, 3.63) is 60.2 Å². The fourth-order valence-electron chi connectivity index (χ4n) is 2.60. The molecular formula is C20H26N2O5S. The molecule has 2 aromatic rings. The van der Waals surface area contributed by atoms with E-state index in [1.54, 1.807) is 19.2 Å². The maximum atomic E-state index is 12.8. The van der Waals surface area contributed by atoms with Crippen molar-refractivity contribution < 1.29 is 22.7 Å². The molecule has 28 heavy (non-hydrogen) atoms.